The minimum atomic E-state index is -0.810. The molecule has 2 nitrogen and oxygen atoms in total. The molecular weight excluding hydrogens is 302 g/mol. The molecule has 3 unspecified atom stereocenters. The van der Waals surface area contributed by atoms with E-state index in [1.54, 1.807) is 0 Å². The fraction of sp³-hybridized carbons (Fsp3) is 0.647. The Labute approximate surface area is 136 Å². The lowest BCUT2D eigenvalue weighted by atomic mass is 10.0. The van der Waals surface area contributed by atoms with E-state index < -0.39 is 10.8 Å². The Morgan fingerprint density at radius 1 is 1.33 bits per heavy atom. The maximum Gasteiger partial charge on any atom is 0.0500 e. The number of rotatable bonds is 8. The van der Waals surface area contributed by atoms with Gasteiger partial charge in [-0.05, 0) is 49.8 Å². The maximum atomic E-state index is 12.3. The highest BCUT2D eigenvalue weighted by Gasteiger charge is 2.26. The van der Waals surface area contributed by atoms with Gasteiger partial charge in [-0.25, -0.2) is 0 Å². The van der Waals surface area contributed by atoms with Gasteiger partial charge in [0.1, 0.15) is 0 Å². The fourth-order valence-corrected chi connectivity index (χ4v) is 4.72. The van der Waals surface area contributed by atoms with Crippen LogP contribution in [0.5, 0.6) is 0 Å². The third-order valence-electron chi connectivity index (χ3n) is 4.31. The lowest BCUT2D eigenvalue weighted by molar-refractivity contribution is 0.393. The Kier molecular flexibility index (Phi) is 7.21. The van der Waals surface area contributed by atoms with Gasteiger partial charge in [-0.2, -0.15) is 0 Å². The number of hydrogen-bond donors (Lipinski definition) is 1. The standard InChI is InChI=1S/C17H26ClNOS/c1-2-11-19-17-9-5-7-14(17)10-12-21(20)13-15-6-3-4-8-16(15)18/h3-4,6,8,14,17,19H,2,5,7,9-13H2,1H3. The zero-order valence-electron chi connectivity index (χ0n) is 12.8. The molecule has 0 saturated heterocycles. The predicted molar refractivity (Wildman–Crippen MR) is 92.2 cm³/mol. The van der Waals surface area contributed by atoms with Crippen molar-refractivity contribution < 1.29 is 4.21 Å². The Balaban J connectivity index is 1.77. The van der Waals surface area contributed by atoms with Crippen LogP contribution < -0.4 is 5.32 Å². The van der Waals surface area contributed by atoms with Gasteiger partial charge in [0.15, 0.2) is 0 Å². The van der Waals surface area contributed by atoms with Crippen molar-refractivity contribution in [2.24, 2.45) is 5.92 Å². The molecule has 4 heteroatoms. The smallest absolute Gasteiger partial charge is 0.0500 e. The molecule has 21 heavy (non-hydrogen) atoms. The lowest BCUT2D eigenvalue weighted by Gasteiger charge is -2.20. The summed E-state index contributed by atoms with van der Waals surface area (Å²) in [5.41, 5.74) is 1.00. The predicted octanol–water partition coefficient (Wildman–Crippen LogP) is 4.15. The molecule has 1 aliphatic rings. The lowest BCUT2D eigenvalue weighted by Crippen LogP contribution is -2.33. The number of nitrogens with one attached hydrogen (secondary N) is 1. The number of halogens is 1. The summed E-state index contributed by atoms with van der Waals surface area (Å²) >= 11 is 6.13. The molecule has 0 bridgehead atoms. The second-order valence-electron chi connectivity index (χ2n) is 5.92. The van der Waals surface area contributed by atoms with Gasteiger partial charge >= 0.3 is 0 Å². The van der Waals surface area contributed by atoms with Crippen LogP contribution in [0.25, 0.3) is 0 Å². The first kappa shape index (κ1) is 17.0. The first-order chi connectivity index (χ1) is 10.2. The molecule has 0 aromatic heterocycles. The van der Waals surface area contributed by atoms with Crippen LogP contribution in [-0.2, 0) is 16.6 Å². The number of benzene rings is 1. The highest BCUT2D eigenvalue weighted by atomic mass is 35.5. The second-order valence-corrected chi connectivity index (χ2v) is 7.90. The monoisotopic (exact) mass is 327 g/mol. The summed E-state index contributed by atoms with van der Waals surface area (Å²) in [4.78, 5) is 0. The molecule has 118 valence electrons. The van der Waals surface area contributed by atoms with Crippen LogP contribution in [0.2, 0.25) is 5.02 Å². The molecule has 1 aliphatic carbocycles. The Bertz CT molecular complexity index is 466. The molecular formula is C17H26ClNOS. The van der Waals surface area contributed by atoms with Crippen molar-refractivity contribution in [1.29, 1.82) is 0 Å². The average Bonchev–Trinajstić information content (AvgIpc) is 2.93. The topological polar surface area (TPSA) is 29.1 Å². The van der Waals surface area contributed by atoms with Crippen LogP contribution in [0.1, 0.15) is 44.6 Å². The van der Waals surface area contributed by atoms with Crippen molar-refractivity contribution in [3.8, 4) is 0 Å². The first-order valence-electron chi connectivity index (χ1n) is 8.02. The van der Waals surface area contributed by atoms with Gasteiger partial charge in [0.05, 0.1) is 0 Å². The Morgan fingerprint density at radius 3 is 2.90 bits per heavy atom. The van der Waals surface area contributed by atoms with E-state index in [0.717, 1.165) is 29.3 Å². The van der Waals surface area contributed by atoms with Crippen molar-refractivity contribution >= 4 is 22.4 Å². The van der Waals surface area contributed by atoms with Crippen LogP contribution in [0.15, 0.2) is 24.3 Å². The number of hydrogen-bond acceptors (Lipinski definition) is 2. The van der Waals surface area contributed by atoms with Gasteiger partial charge in [-0.1, -0.05) is 43.1 Å². The van der Waals surface area contributed by atoms with Crippen LogP contribution in [0, 0.1) is 5.92 Å². The van der Waals surface area contributed by atoms with Crippen LogP contribution >= 0.6 is 11.6 Å². The molecule has 1 saturated carbocycles. The molecule has 0 spiro atoms. The molecule has 1 aromatic rings. The molecule has 0 amide bonds. The summed E-state index contributed by atoms with van der Waals surface area (Å²) in [5, 5.41) is 4.37. The first-order valence-corrected chi connectivity index (χ1v) is 9.89. The minimum Gasteiger partial charge on any atom is -0.314 e. The summed E-state index contributed by atoms with van der Waals surface area (Å²) in [7, 11) is -0.810. The molecule has 0 aliphatic heterocycles. The van der Waals surface area contributed by atoms with Crippen molar-refractivity contribution in [3.05, 3.63) is 34.9 Å². The quantitative estimate of drug-likeness (QED) is 0.777. The third kappa shape index (κ3) is 5.39. The second kappa shape index (κ2) is 8.92. The van der Waals surface area contributed by atoms with Crippen molar-refractivity contribution in [2.75, 3.05) is 12.3 Å². The SMILES string of the molecule is CCCNC1CCCC1CCS(=O)Cc1ccccc1Cl. The largest absolute Gasteiger partial charge is 0.314 e. The highest BCUT2D eigenvalue weighted by Crippen LogP contribution is 2.29. The summed E-state index contributed by atoms with van der Waals surface area (Å²) in [6.07, 6.45) is 6.12. The maximum absolute atomic E-state index is 12.3. The van der Waals surface area contributed by atoms with Gasteiger partial charge < -0.3 is 5.32 Å². The fourth-order valence-electron chi connectivity index (χ4n) is 3.12. The van der Waals surface area contributed by atoms with Gasteiger partial charge in [0.25, 0.3) is 0 Å². The minimum absolute atomic E-state index is 0.583. The van der Waals surface area contributed by atoms with Gasteiger partial charge in [0, 0.05) is 33.4 Å². The summed E-state index contributed by atoms with van der Waals surface area (Å²) in [5.74, 6) is 2.08. The molecule has 0 radical (unpaired) electrons. The Morgan fingerprint density at radius 2 is 2.14 bits per heavy atom. The molecule has 1 aromatic carbocycles. The van der Waals surface area contributed by atoms with Crippen molar-refractivity contribution in [1.82, 2.24) is 5.32 Å². The zero-order valence-corrected chi connectivity index (χ0v) is 14.4. The van der Waals surface area contributed by atoms with Gasteiger partial charge in [-0.15, -0.1) is 0 Å². The molecule has 1 fully saturated rings. The molecule has 2 rings (SSSR count). The summed E-state index contributed by atoms with van der Waals surface area (Å²) < 4.78 is 12.3. The molecule has 1 N–H and O–H groups in total. The van der Waals surface area contributed by atoms with Gasteiger partial charge in [0.2, 0.25) is 0 Å². The summed E-state index contributed by atoms with van der Waals surface area (Å²) in [6.45, 7) is 3.31. The van der Waals surface area contributed by atoms with E-state index in [4.69, 9.17) is 11.6 Å². The van der Waals surface area contributed by atoms with E-state index in [9.17, 15) is 4.21 Å². The summed E-state index contributed by atoms with van der Waals surface area (Å²) in [6, 6.07) is 8.36. The van der Waals surface area contributed by atoms with Crippen molar-refractivity contribution in [3.63, 3.8) is 0 Å². The van der Waals surface area contributed by atoms with E-state index in [2.05, 4.69) is 12.2 Å². The molecule has 0 heterocycles. The Hall–Kier alpha value is -0.380. The van der Waals surface area contributed by atoms with Gasteiger partial charge in [-0.3, -0.25) is 4.21 Å². The average molecular weight is 328 g/mol. The zero-order chi connectivity index (χ0) is 15.1. The van der Waals surface area contributed by atoms with E-state index in [1.165, 1.54) is 25.7 Å². The van der Waals surface area contributed by atoms with Crippen LogP contribution in [-0.4, -0.2) is 22.5 Å². The van der Waals surface area contributed by atoms with E-state index >= 15 is 0 Å². The highest BCUT2D eigenvalue weighted by molar-refractivity contribution is 7.84. The van der Waals surface area contributed by atoms with Crippen molar-refractivity contribution in [2.45, 2.75) is 50.8 Å². The van der Waals surface area contributed by atoms with Crippen LogP contribution in [0.4, 0.5) is 0 Å². The van der Waals surface area contributed by atoms with Crippen LogP contribution in [0.3, 0.4) is 0 Å². The van der Waals surface area contributed by atoms with E-state index in [0.29, 0.717) is 17.7 Å². The van der Waals surface area contributed by atoms with E-state index in [-0.39, 0.29) is 0 Å². The third-order valence-corrected chi connectivity index (χ3v) is 6.00. The van der Waals surface area contributed by atoms with E-state index in [1.807, 2.05) is 24.3 Å². The molecule has 3 atom stereocenters. The normalized spacial score (nSPS) is 23.3.